The first-order valence-electron chi connectivity index (χ1n) is 20.2. The van der Waals surface area contributed by atoms with Crippen LogP contribution in [-0.2, 0) is 9.47 Å². The van der Waals surface area contributed by atoms with Crippen molar-refractivity contribution < 1.29 is 35.5 Å². The van der Waals surface area contributed by atoms with Gasteiger partial charge in [-0.2, -0.15) is 30.2 Å². The summed E-state index contributed by atoms with van der Waals surface area (Å²) in [7, 11) is 0. The first-order chi connectivity index (χ1) is 30.0. The Morgan fingerprint density at radius 2 is 0.910 bits per heavy atom. The standard InChI is InChI=1S/2C20H29ClN8O2.2ClH.3H2O/c2*1-3-29(13-10-21)12-5-11-24-18-16(17(22)25-20(23)26-18)28-27-15-8-6-14(7-9-15)19(30)31-4-2;;;;;/h2*6-9H,3-5,10-13H2,1-2H3,(H5,22,23,24,25,26);2*1H;3*1H2. The number of nitrogens with zero attached hydrogens (tertiary/aromatic N) is 10. The SMILES string of the molecule is CCOC(=O)c1ccc(N=Nc2c(N)nc(N)nc2NCCCN(CC)CCCl)cc1.CCOC(=O)c1ccc(N=Nc2c(N)nc(N)nc2NCCCN(CC)CCCl)cc1.Cl.Cl.O.O.O. The number of hydrogen-bond acceptors (Lipinski definition) is 20. The van der Waals surface area contributed by atoms with Gasteiger partial charge in [0.15, 0.2) is 34.6 Å². The Balaban J connectivity index is -0.00000114. The van der Waals surface area contributed by atoms with Gasteiger partial charge in [-0.25, -0.2) is 9.59 Å². The summed E-state index contributed by atoms with van der Waals surface area (Å²) < 4.78 is 9.93. The Hall–Kier alpha value is -5.50. The summed E-state index contributed by atoms with van der Waals surface area (Å²) in [6.07, 6.45) is 1.75. The second-order valence-corrected chi connectivity index (χ2v) is 13.8. The fourth-order valence-corrected chi connectivity index (χ4v) is 5.99. The highest BCUT2D eigenvalue weighted by Gasteiger charge is 2.14. The van der Waals surface area contributed by atoms with Crippen molar-refractivity contribution in [3.8, 4) is 0 Å². The highest BCUT2D eigenvalue weighted by atomic mass is 35.5. The molecule has 67 heavy (non-hydrogen) atoms. The molecule has 4 rings (SSSR count). The quantitative estimate of drug-likeness (QED) is 0.0216. The van der Waals surface area contributed by atoms with Gasteiger partial charge in [-0.15, -0.1) is 58.2 Å². The van der Waals surface area contributed by atoms with E-state index < -0.39 is 0 Å². The molecule has 0 spiro atoms. The molecule has 2 aromatic heterocycles. The minimum atomic E-state index is -0.388. The number of halogens is 4. The number of azo groups is 2. The molecule has 27 heteroatoms. The van der Waals surface area contributed by atoms with Crippen molar-refractivity contribution in [1.29, 1.82) is 0 Å². The zero-order valence-electron chi connectivity index (χ0n) is 38.0. The molecular formula is C40H66Cl4N16O7. The number of benzene rings is 2. The largest absolute Gasteiger partial charge is 0.462 e. The molecule has 23 nitrogen and oxygen atoms in total. The van der Waals surface area contributed by atoms with Crippen LogP contribution in [0.4, 0.5) is 57.9 Å². The zero-order chi connectivity index (χ0) is 45.3. The number of rotatable bonds is 24. The molecule has 16 N–H and O–H groups in total. The van der Waals surface area contributed by atoms with Gasteiger partial charge in [-0.1, -0.05) is 13.8 Å². The van der Waals surface area contributed by atoms with Crippen molar-refractivity contribution in [3.05, 3.63) is 59.7 Å². The Morgan fingerprint density at radius 3 is 1.21 bits per heavy atom. The molecule has 376 valence electrons. The summed E-state index contributed by atoms with van der Waals surface area (Å²) in [5, 5.41) is 23.2. The number of aromatic nitrogens is 4. The van der Waals surface area contributed by atoms with E-state index in [1.54, 1.807) is 62.4 Å². The molecular weight excluding hydrogens is 958 g/mol. The van der Waals surface area contributed by atoms with E-state index >= 15 is 0 Å². The number of anilines is 6. The van der Waals surface area contributed by atoms with E-state index in [1.165, 1.54) is 0 Å². The number of nitrogens with two attached hydrogens (primary N) is 4. The summed E-state index contributed by atoms with van der Waals surface area (Å²) in [5.41, 5.74) is 26.0. The molecule has 0 radical (unpaired) electrons. The Labute approximate surface area is 413 Å². The lowest BCUT2D eigenvalue weighted by Gasteiger charge is -2.19. The molecule has 2 aromatic carbocycles. The van der Waals surface area contributed by atoms with Crippen LogP contribution in [0.3, 0.4) is 0 Å². The molecule has 0 saturated heterocycles. The van der Waals surface area contributed by atoms with Gasteiger partial charge in [-0.05, 0) is 101 Å². The normalized spacial score (nSPS) is 10.4. The number of ether oxygens (including phenoxy) is 2. The number of esters is 2. The number of alkyl halides is 2. The average Bonchev–Trinajstić information content (AvgIpc) is 3.25. The third-order valence-electron chi connectivity index (χ3n) is 8.73. The highest BCUT2D eigenvalue weighted by Crippen LogP contribution is 2.32. The molecule has 0 aliphatic carbocycles. The first-order valence-corrected chi connectivity index (χ1v) is 21.3. The summed E-state index contributed by atoms with van der Waals surface area (Å²) in [6, 6.07) is 13.1. The highest BCUT2D eigenvalue weighted by molar-refractivity contribution is 6.18. The Bertz CT molecular complexity index is 1920. The van der Waals surface area contributed by atoms with Crippen molar-refractivity contribution >= 4 is 118 Å². The fourth-order valence-electron chi connectivity index (χ4n) is 5.51. The maximum atomic E-state index is 11.7. The van der Waals surface area contributed by atoms with Crippen LogP contribution >= 0.6 is 48.0 Å². The third kappa shape index (κ3) is 23.2. The van der Waals surface area contributed by atoms with E-state index in [4.69, 9.17) is 55.6 Å². The van der Waals surface area contributed by atoms with Crippen LogP contribution < -0.4 is 33.6 Å². The maximum absolute atomic E-state index is 11.7. The van der Waals surface area contributed by atoms with Gasteiger partial charge in [0.2, 0.25) is 11.9 Å². The van der Waals surface area contributed by atoms with Crippen LogP contribution in [0.25, 0.3) is 0 Å². The molecule has 0 fully saturated rings. The second kappa shape index (κ2) is 36.6. The van der Waals surface area contributed by atoms with Gasteiger partial charge in [0.25, 0.3) is 0 Å². The lowest BCUT2D eigenvalue weighted by molar-refractivity contribution is 0.0517. The molecule has 0 amide bonds. The van der Waals surface area contributed by atoms with Crippen LogP contribution in [0.5, 0.6) is 0 Å². The Morgan fingerprint density at radius 1 is 0.567 bits per heavy atom. The van der Waals surface area contributed by atoms with E-state index in [1.807, 2.05) is 0 Å². The summed E-state index contributed by atoms with van der Waals surface area (Å²) in [4.78, 5) is 44.3. The molecule has 0 unspecified atom stereocenters. The summed E-state index contributed by atoms with van der Waals surface area (Å²) in [6.45, 7) is 15.0. The van der Waals surface area contributed by atoms with E-state index in [9.17, 15) is 9.59 Å². The number of nitrogen functional groups attached to an aromatic ring is 4. The molecule has 0 saturated carbocycles. The first kappa shape index (κ1) is 65.8. The van der Waals surface area contributed by atoms with Crippen molar-refractivity contribution in [2.45, 2.75) is 40.5 Å². The number of carbonyl (C=O) groups excluding carboxylic acids is 2. The molecule has 0 aliphatic rings. The topological polar surface area (TPSA) is 383 Å². The van der Waals surface area contributed by atoms with Gasteiger partial charge < -0.3 is 69.3 Å². The third-order valence-corrected chi connectivity index (χ3v) is 9.07. The predicted molar refractivity (Wildman–Crippen MR) is 272 cm³/mol. The van der Waals surface area contributed by atoms with E-state index in [0.29, 0.717) is 83.6 Å². The van der Waals surface area contributed by atoms with Gasteiger partial charge in [0.05, 0.1) is 35.7 Å². The molecule has 0 aliphatic heterocycles. The van der Waals surface area contributed by atoms with Gasteiger partial charge in [-0.3, -0.25) is 0 Å². The minimum Gasteiger partial charge on any atom is -0.462 e. The van der Waals surface area contributed by atoms with E-state index in [2.05, 4.69) is 74.7 Å². The van der Waals surface area contributed by atoms with Crippen LogP contribution in [0.15, 0.2) is 69.0 Å². The minimum absolute atomic E-state index is 0. The molecule has 2 heterocycles. The maximum Gasteiger partial charge on any atom is 0.338 e. The fraction of sp³-hybridized carbons (Fsp3) is 0.450. The van der Waals surface area contributed by atoms with Crippen LogP contribution in [0.1, 0.15) is 61.3 Å². The van der Waals surface area contributed by atoms with E-state index in [0.717, 1.165) is 52.1 Å². The van der Waals surface area contributed by atoms with Gasteiger partial charge in [0.1, 0.15) is 0 Å². The van der Waals surface area contributed by atoms with E-state index in [-0.39, 0.29) is 76.7 Å². The van der Waals surface area contributed by atoms with Crippen LogP contribution in [-0.4, -0.2) is 135 Å². The monoisotopic (exact) mass is 1020 g/mol. The van der Waals surface area contributed by atoms with Crippen molar-refractivity contribution in [1.82, 2.24) is 29.7 Å². The summed E-state index contributed by atoms with van der Waals surface area (Å²) >= 11 is 11.6. The molecule has 0 bridgehead atoms. The van der Waals surface area contributed by atoms with Gasteiger partial charge in [0, 0.05) is 37.9 Å². The zero-order valence-corrected chi connectivity index (χ0v) is 41.2. The van der Waals surface area contributed by atoms with Crippen LogP contribution in [0.2, 0.25) is 0 Å². The van der Waals surface area contributed by atoms with Crippen molar-refractivity contribution in [2.24, 2.45) is 20.5 Å². The number of hydrogen-bond donors (Lipinski definition) is 6. The average molecular weight is 1020 g/mol. The number of carbonyl (C=O) groups is 2. The van der Waals surface area contributed by atoms with Crippen molar-refractivity contribution in [2.75, 3.05) is 111 Å². The lowest BCUT2D eigenvalue weighted by Crippen LogP contribution is -2.27. The number of nitrogens with one attached hydrogen (secondary N) is 2. The lowest BCUT2D eigenvalue weighted by atomic mass is 10.2. The summed E-state index contributed by atoms with van der Waals surface area (Å²) in [5.74, 6) is 1.61. The smallest absolute Gasteiger partial charge is 0.338 e. The second-order valence-electron chi connectivity index (χ2n) is 13.1. The molecule has 4 aromatic rings. The molecule has 0 atom stereocenters. The van der Waals surface area contributed by atoms with Crippen LogP contribution in [0, 0.1) is 0 Å². The van der Waals surface area contributed by atoms with Crippen molar-refractivity contribution in [3.63, 3.8) is 0 Å². The predicted octanol–water partition coefficient (Wildman–Crippen LogP) is 5.56. The van der Waals surface area contributed by atoms with Gasteiger partial charge >= 0.3 is 11.9 Å². The Kier molecular flexibility index (Phi) is 35.9.